The van der Waals surface area contributed by atoms with E-state index < -0.39 is 32.1 Å². The normalized spacial score (nSPS) is 11.8. The summed E-state index contributed by atoms with van der Waals surface area (Å²) < 4.78 is 183. The van der Waals surface area contributed by atoms with Crippen LogP contribution in [-0.2, 0) is 17.8 Å². The molecule has 15 aromatic rings. The molecule has 9 aromatic carbocycles. The molecule has 0 radical (unpaired) electrons. The monoisotopic (exact) mass is 1760 g/mol. The topological polar surface area (TPSA) is 270 Å². The van der Waals surface area contributed by atoms with Crippen molar-refractivity contribution in [2.75, 3.05) is 61.5 Å². The Morgan fingerprint density at radius 2 is 0.922 bits per heavy atom. The Bertz CT molecular complexity index is 6740. The SMILES string of the molecule is CC(C)n1cc(C#N)c2cc3c(cc21)OCCO3.CCOC(=O)c1c(C)n(-c2ccc(OC)cc2)c2ccc(OC(F)F)cc12.CCn1c(-c2ccc(OC(F)(F)F)cc2)c(C#N)c2ccc(OC)cc21.CCn1cc(C#N)c2cc3c(cc21)OCCO3.COc1ccc(-n2cc(C(C)=O)c3ccc(OC)cc32)cc1.N#Cc1cn(C(F)F)c2cc(OC(F)F)ccc12. The number of nitrogens with zero attached hydrogens (tertiary/aromatic N) is 10. The molecule has 0 saturated carbocycles. The van der Waals surface area contributed by atoms with Crippen LogP contribution in [0, 0.1) is 52.2 Å². The summed E-state index contributed by atoms with van der Waals surface area (Å²) in [6.07, 6.45) is 1.86. The molecule has 0 atom stereocenters. The third-order valence-corrected chi connectivity index (χ3v) is 20.6. The number of Topliss-reactive ketones (excluding diaryl/α,β-unsaturated/α-hetero) is 1. The maximum atomic E-state index is 12.7. The summed E-state index contributed by atoms with van der Waals surface area (Å²) in [5.74, 6) is 4.88. The lowest BCUT2D eigenvalue weighted by molar-refractivity contribution is -0.274. The highest BCUT2D eigenvalue weighted by Gasteiger charge is 2.32. The van der Waals surface area contributed by atoms with Crippen molar-refractivity contribution in [2.24, 2.45) is 0 Å². The third kappa shape index (κ3) is 20.1. The predicted molar refractivity (Wildman–Crippen MR) is 460 cm³/mol. The lowest BCUT2D eigenvalue weighted by atomic mass is 10.1. The van der Waals surface area contributed by atoms with Crippen LogP contribution in [0.15, 0.2) is 195 Å². The van der Waals surface area contributed by atoms with Crippen LogP contribution in [0.5, 0.6) is 63.2 Å². The molecule has 0 amide bonds. The van der Waals surface area contributed by atoms with Crippen molar-refractivity contribution in [1.29, 1.82) is 21.0 Å². The number of ketones is 1. The van der Waals surface area contributed by atoms with Crippen LogP contribution in [0.3, 0.4) is 0 Å². The molecule has 24 nitrogen and oxygen atoms in total. The highest BCUT2D eigenvalue weighted by molar-refractivity contribution is 6.08. The second-order valence-corrected chi connectivity index (χ2v) is 28.4. The van der Waals surface area contributed by atoms with Crippen LogP contribution in [0.2, 0.25) is 0 Å². The highest BCUT2D eigenvalue weighted by Crippen LogP contribution is 2.42. The van der Waals surface area contributed by atoms with Gasteiger partial charge >= 0.3 is 32.1 Å². The molecule has 0 fully saturated rings. The average Bonchev–Trinajstić information content (AvgIpc) is 1.60. The second kappa shape index (κ2) is 40.4. The van der Waals surface area contributed by atoms with Crippen molar-refractivity contribution in [3.8, 4) is 110 Å². The van der Waals surface area contributed by atoms with Gasteiger partial charge in [0.05, 0.1) is 102 Å². The van der Waals surface area contributed by atoms with Crippen molar-refractivity contribution in [3.63, 3.8) is 0 Å². The summed E-state index contributed by atoms with van der Waals surface area (Å²) in [5, 5.41) is 41.0. The number of aromatic nitrogens is 6. The van der Waals surface area contributed by atoms with Crippen LogP contribution in [0.4, 0.5) is 39.5 Å². The molecule has 0 N–H and O–H groups in total. The summed E-state index contributed by atoms with van der Waals surface area (Å²) >= 11 is 0. The molecule has 0 aliphatic carbocycles. The van der Waals surface area contributed by atoms with E-state index in [0.717, 1.165) is 108 Å². The number of carbonyl (C=O) groups is 2. The van der Waals surface area contributed by atoms with E-state index in [1.807, 2.05) is 135 Å². The number of carbonyl (C=O) groups excluding carboxylic acids is 2. The van der Waals surface area contributed by atoms with Gasteiger partial charge in [-0.2, -0.15) is 47.4 Å². The van der Waals surface area contributed by atoms with Crippen molar-refractivity contribution < 1.29 is 106 Å². The smallest absolute Gasteiger partial charge is 0.497 e. The summed E-state index contributed by atoms with van der Waals surface area (Å²) in [6.45, 7) is 8.31. The Morgan fingerprint density at radius 1 is 0.461 bits per heavy atom. The van der Waals surface area contributed by atoms with Gasteiger partial charge in [-0.1, -0.05) is 0 Å². The molecule has 660 valence electrons. The number of benzene rings is 9. The van der Waals surface area contributed by atoms with Gasteiger partial charge in [0.1, 0.15) is 91.0 Å². The quantitative estimate of drug-likeness (QED) is 0.0413. The zero-order chi connectivity index (χ0) is 91.9. The third-order valence-electron chi connectivity index (χ3n) is 20.6. The van der Waals surface area contributed by atoms with Crippen LogP contribution in [-0.4, -0.2) is 120 Å². The number of nitriles is 4. The van der Waals surface area contributed by atoms with Crippen molar-refractivity contribution in [2.45, 2.75) is 93.7 Å². The first kappa shape index (κ1) is 91.7. The Balaban J connectivity index is 0.000000140. The number of ether oxygens (including phenoxy) is 12. The first-order valence-corrected chi connectivity index (χ1v) is 39.7. The second-order valence-electron chi connectivity index (χ2n) is 28.4. The first-order chi connectivity index (χ1) is 61.5. The molecule has 2 aliphatic heterocycles. The van der Waals surface area contributed by atoms with Gasteiger partial charge in [-0.15, -0.1) is 13.2 Å². The molecular formula is C95H83F9N10O14. The van der Waals surface area contributed by atoms with Gasteiger partial charge in [-0.25, -0.2) is 4.79 Å². The molecule has 33 heteroatoms. The maximum absolute atomic E-state index is 12.7. The summed E-state index contributed by atoms with van der Waals surface area (Å²) in [6, 6.07) is 56.2. The summed E-state index contributed by atoms with van der Waals surface area (Å²) in [4.78, 5) is 24.4. The molecule has 8 heterocycles. The van der Waals surface area contributed by atoms with Crippen molar-refractivity contribution >= 4 is 77.2 Å². The van der Waals surface area contributed by atoms with E-state index in [-0.39, 0.29) is 46.1 Å². The fourth-order valence-corrected chi connectivity index (χ4v) is 14.8. The largest absolute Gasteiger partial charge is 0.573 e. The molecule has 0 unspecified atom stereocenters. The van der Waals surface area contributed by atoms with Crippen LogP contribution < -0.4 is 52.1 Å². The van der Waals surface area contributed by atoms with E-state index >= 15 is 0 Å². The van der Waals surface area contributed by atoms with E-state index in [2.05, 4.69) is 57.8 Å². The Labute approximate surface area is 727 Å². The van der Waals surface area contributed by atoms with E-state index in [4.69, 9.17) is 53.2 Å². The van der Waals surface area contributed by atoms with Gasteiger partial charge in [-0.05, 0) is 194 Å². The molecule has 128 heavy (non-hydrogen) atoms. The fourth-order valence-electron chi connectivity index (χ4n) is 14.8. The van der Waals surface area contributed by atoms with Crippen molar-refractivity contribution in [1.82, 2.24) is 27.4 Å². The Morgan fingerprint density at radius 3 is 1.43 bits per heavy atom. The number of alkyl halides is 9. The average molecular weight is 1760 g/mol. The summed E-state index contributed by atoms with van der Waals surface area (Å²) in [7, 11) is 6.41. The molecule has 2 aliphatic rings. The van der Waals surface area contributed by atoms with E-state index in [0.29, 0.717) is 111 Å². The lowest BCUT2D eigenvalue weighted by Gasteiger charge is -2.19. The van der Waals surface area contributed by atoms with Crippen LogP contribution >= 0.6 is 0 Å². The number of aryl methyl sites for hydroxylation is 2. The fraction of sp³-hybridized carbons (Fsp3) is 0.242. The predicted octanol–water partition coefficient (Wildman–Crippen LogP) is 22.4. The Hall–Kier alpha value is -15.5. The Kier molecular flexibility index (Phi) is 29.0. The first-order valence-electron chi connectivity index (χ1n) is 39.7. The minimum absolute atomic E-state index is 0.0186. The number of rotatable bonds is 19. The summed E-state index contributed by atoms with van der Waals surface area (Å²) in [5.41, 5.74) is 11.0. The molecule has 0 saturated heterocycles. The minimum atomic E-state index is -4.74. The molecule has 0 spiro atoms. The van der Waals surface area contributed by atoms with Crippen LogP contribution in [0.1, 0.15) is 103 Å². The molecule has 0 bridgehead atoms. The number of hydrogen-bond acceptors (Lipinski definition) is 18. The molecular weight excluding hydrogens is 1680 g/mol. The van der Waals surface area contributed by atoms with Crippen LogP contribution in [0.25, 0.3) is 88.0 Å². The van der Waals surface area contributed by atoms with E-state index in [1.54, 1.807) is 79.5 Å². The van der Waals surface area contributed by atoms with E-state index in [1.165, 1.54) is 48.5 Å². The van der Waals surface area contributed by atoms with Gasteiger partial charge in [0.25, 0.3) is 0 Å². The van der Waals surface area contributed by atoms with E-state index in [9.17, 15) is 59.6 Å². The zero-order valence-electron chi connectivity index (χ0n) is 70.8. The number of halogens is 9. The van der Waals surface area contributed by atoms with Gasteiger partial charge < -0.3 is 79.7 Å². The lowest BCUT2D eigenvalue weighted by Crippen LogP contribution is -2.16. The van der Waals surface area contributed by atoms with Gasteiger partial charge in [0.2, 0.25) is 0 Å². The number of hydrogen-bond donors (Lipinski definition) is 0. The molecule has 6 aromatic heterocycles. The highest BCUT2D eigenvalue weighted by atomic mass is 19.4. The van der Waals surface area contributed by atoms with Gasteiger partial charge in [0, 0.05) is 129 Å². The maximum Gasteiger partial charge on any atom is 0.573 e. The number of methoxy groups -OCH3 is 4. The number of esters is 1. The molecule has 17 rings (SSSR count). The van der Waals surface area contributed by atoms with Gasteiger partial charge in [0.15, 0.2) is 28.8 Å². The minimum Gasteiger partial charge on any atom is -0.497 e. The standard InChI is InChI=1S/C20H19F2NO4.C19H15F3N2O2.C18H17NO3.C14H14N2O2.C13H12N2O2.C11H6F4N2O/c1-4-26-19(24)18-12(2)23(13-5-7-14(25-3)8-6-13)17-10-9-15(11-16(17)18)27-20(21)22;1-3-24-17-10-14(25-2)8-9-15(17)16(11-23)18(24)12-4-6-13(7-5-12)26-19(20,21)22;1-12(20)17-11-19(13-4-6-14(21-2)7-5-13)18-10-15(22-3)8-9-16(17)18;1-9(2)16-8-10(7-15)11-5-13-14(6-12(11)16)18-4-3-17-13;1-2-15-8-9(7-14)10-5-12-13(6-11(10)15)17-4-3-16-12;12-10(13)17-5-6(4-16)8-2-1-7(3-9(8)17)18-11(14)15/h5-11,20H,4H2,1-3H3;4-10H,3H2,1-2H3;4-11H,1-3H3;5-6,8-9H,3-4H2,1-2H3;5-6,8H,2-4H2,1H3;1-3,5,10-11H. The number of fused-ring (bicyclic) bond motifs is 8. The van der Waals surface area contributed by atoms with Gasteiger partial charge in [-0.3, -0.25) is 9.36 Å². The van der Waals surface area contributed by atoms with Crippen molar-refractivity contribution in [3.05, 3.63) is 234 Å². The zero-order valence-corrected chi connectivity index (χ0v) is 70.8.